The van der Waals surface area contributed by atoms with Crippen molar-refractivity contribution < 1.29 is 23.9 Å². The van der Waals surface area contributed by atoms with Crippen molar-refractivity contribution in [1.82, 2.24) is 4.98 Å². The molecule has 1 aromatic heterocycles. The van der Waals surface area contributed by atoms with E-state index in [1.807, 2.05) is 19.1 Å². The number of halogens is 2. The number of allylic oxidation sites excluding steroid dienone is 2. The Kier molecular flexibility index (Phi) is 7.39. The average Bonchev–Trinajstić information content (AvgIpc) is 3.25. The highest BCUT2D eigenvalue weighted by Gasteiger charge is 2.50. The molecule has 0 saturated carbocycles. The molecule has 0 radical (unpaired) electrons. The lowest BCUT2D eigenvalue weighted by molar-refractivity contribution is -0.122. The Morgan fingerprint density at radius 3 is 2.36 bits per heavy atom. The minimum absolute atomic E-state index is 0.000521. The lowest BCUT2D eigenvalue weighted by atomic mass is 9.78. The molecule has 2 aliphatic rings. The molecule has 3 atom stereocenters. The van der Waals surface area contributed by atoms with Gasteiger partial charge in [0.15, 0.2) is 12.4 Å². The second-order valence-corrected chi connectivity index (χ2v) is 11.3. The first-order valence-corrected chi connectivity index (χ1v) is 14.2. The average molecular weight is 599 g/mol. The van der Waals surface area contributed by atoms with E-state index >= 15 is 0 Å². The highest BCUT2D eigenvalue weighted by molar-refractivity contribution is 6.31. The molecule has 6 rings (SSSR count). The van der Waals surface area contributed by atoms with E-state index in [1.54, 1.807) is 72.8 Å². The van der Waals surface area contributed by atoms with Crippen LogP contribution < -0.4 is 4.90 Å². The molecule has 1 aliphatic heterocycles. The third-order valence-corrected chi connectivity index (χ3v) is 8.27. The van der Waals surface area contributed by atoms with Gasteiger partial charge in [0.1, 0.15) is 0 Å². The number of esters is 1. The van der Waals surface area contributed by atoms with E-state index in [9.17, 15) is 19.2 Å². The smallest absolute Gasteiger partial charge is 0.339 e. The molecule has 1 saturated heterocycles. The minimum atomic E-state index is -0.705. The normalized spacial score (nSPS) is 19.7. The summed E-state index contributed by atoms with van der Waals surface area (Å²) in [4.78, 5) is 58.1. The third kappa shape index (κ3) is 5.10. The molecule has 4 aromatic rings. The number of Topliss-reactive ketones (excluding diaryl/α,β-unsaturated/α-hetero) is 1. The number of anilines is 1. The van der Waals surface area contributed by atoms with E-state index in [-0.39, 0.29) is 40.9 Å². The van der Waals surface area contributed by atoms with Gasteiger partial charge in [0.05, 0.1) is 34.3 Å². The first-order chi connectivity index (χ1) is 20.2. The molecule has 7 nitrogen and oxygen atoms in total. The maximum atomic E-state index is 13.2. The predicted molar refractivity (Wildman–Crippen MR) is 161 cm³/mol. The number of carbonyl (C=O) groups is 4. The summed E-state index contributed by atoms with van der Waals surface area (Å²) in [5, 5.41) is 1.39. The van der Waals surface area contributed by atoms with E-state index in [1.165, 1.54) is 4.90 Å². The summed E-state index contributed by atoms with van der Waals surface area (Å²) in [5.74, 6) is -2.14. The summed E-state index contributed by atoms with van der Waals surface area (Å²) in [6, 6.07) is 19.8. The Morgan fingerprint density at radius 2 is 1.64 bits per heavy atom. The summed E-state index contributed by atoms with van der Waals surface area (Å²) >= 11 is 12.1. The largest absolute Gasteiger partial charge is 0.454 e. The molecule has 3 unspecified atom stereocenters. The maximum absolute atomic E-state index is 13.2. The number of hydrogen-bond donors (Lipinski definition) is 0. The number of benzene rings is 3. The molecule has 210 valence electrons. The Hall–Kier alpha value is -4.33. The fourth-order valence-corrected chi connectivity index (χ4v) is 5.92. The Balaban J connectivity index is 1.28. The number of pyridine rings is 1. The summed E-state index contributed by atoms with van der Waals surface area (Å²) in [6.07, 6.45) is 4.52. The SMILES string of the molecule is CC1C=CCC2C(=O)N(c3ccc(-c4cc(C(=O)OCC(=O)c5ccc(Cl)cc5)c5cc(Cl)ccc5n4)cc3)C(=O)C12. The number of nitrogens with zero attached hydrogens (tertiary/aromatic N) is 2. The van der Waals surface area contributed by atoms with Gasteiger partial charge < -0.3 is 4.74 Å². The van der Waals surface area contributed by atoms with Gasteiger partial charge in [-0.15, -0.1) is 0 Å². The van der Waals surface area contributed by atoms with Crippen LogP contribution in [0, 0.1) is 17.8 Å². The van der Waals surface area contributed by atoms with E-state index < -0.39 is 12.6 Å². The lowest BCUT2D eigenvalue weighted by Gasteiger charge is -2.22. The Bertz CT molecular complexity index is 1780. The highest BCUT2D eigenvalue weighted by atomic mass is 35.5. The van der Waals surface area contributed by atoms with Gasteiger partial charge in [0.2, 0.25) is 11.8 Å². The fourth-order valence-electron chi connectivity index (χ4n) is 5.63. The molecular formula is C33H24Cl2N2O5. The number of ether oxygens (including phenoxy) is 1. The molecule has 2 amide bonds. The van der Waals surface area contributed by atoms with Gasteiger partial charge in [-0.25, -0.2) is 9.78 Å². The molecular weight excluding hydrogens is 575 g/mol. The quantitative estimate of drug-likeness (QED) is 0.103. The van der Waals surface area contributed by atoms with Crippen molar-refractivity contribution in [3.05, 3.63) is 106 Å². The van der Waals surface area contributed by atoms with Crippen LogP contribution >= 0.6 is 23.2 Å². The van der Waals surface area contributed by atoms with Crippen molar-refractivity contribution in [3.63, 3.8) is 0 Å². The van der Waals surface area contributed by atoms with Crippen LogP contribution in [-0.2, 0) is 14.3 Å². The second kappa shape index (κ2) is 11.2. The monoisotopic (exact) mass is 598 g/mol. The van der Waals surface area contributed by atoms with Gasteiger partial charge in [0.25, 0.3) is 0 Å². The molecule has 9 heteroatoms. The predicted octanol–water partition coefficient (Wildman–Crippen LogP) is 6.95. The van der Waals surface area contributed by atoms with Crippen LogP contribution in [0.4, 0.5) is 5.69 Å². The lowest BCUT2D eigenvalue weighted by Crippen LogP contribution is -2.31. The van der Waals surface area contributed by atoms with Crippen LogP contribution in [0.15, 0.2) is 84.9 Å². The number of amides is 2. The van der Waals surface area contributed by atoms with Crippen LogP contribution in [0.25, 0.3) is 22.2 Å². The van der Waals surface area contributed by atoms with Crippen molar-refractivity contribution in [1.29, 1.82) is 0 Å². The highest BCUT2D eigenvalue weighted by Crippen LogP contribution is 2.41. The molecule has 2 heterocycles. The number of ketones is 1. The second-order valence-electron chi connectivity index (χ2n) is 10.4. The molecule has 0 spiro atoms. The summed E-state index contributed by atoms with van der Waals surface area (Å²) < 4.78 is 5.40. The number of hydrogen-bond acceptors (Lipinski definition) is 6. The van der Waals surface area contributed by atoms with E-state index in [0.717, 1.165) is 0 Å². The first-order valence-electron chi connectivity index (χ1n) is 13.4. The summed E-state index contributed by atoms with van der Waals surface area (Å²) in [5.41, 5.74) is 2.69. The summed E-state index contributed by atoms with van der Waals surface area (Å²) in [6.45, 7) is 1.50. The van der Waals surface area contributed by atoms with Crippen molar-refractivity contribution in [2.45, 2.75) is 13.3 Å². The van der Waals surface area contributed by atoms with Crippen LogP contribution in [-0.4, -0.2) is 35.2 Å². The van der Waals surface area contributed by atoms with E-state index in [4.69, 9.17) is 32.9 Å². The molecule has 0 bridgehead atoms. The van der Waals surface area contributed by atoms with Crippen LogP contribution in [0.1, 0.15) is 34.1 Å². The Morgan fingerprint density at radius 1 is 0.929 bits per heavy atom. The van der Waals surface area contributed by atoms with Crippen molar-refractivity contribution in [2.24, 2.45) is 17.8 Å². The molecule has 0 N–H and O–H groups in total. The number of carbonyl (C=O) groups excluding carboxylic acids is 4. The van der Waals surface area contributed by atoms with Gasteiger partial charge >= 0.3 is 5.97 Å². The zero-order valence-electron chi connectivity index (χ0n) is 22.4. The standard InChI is InChI=1S/C33H24Cl2N2O5/c1-18-3-2-4-24-30(18)32(40)37(31(24)39)23-12-7-19(8-13-23)28-16-26(25-15-22(35)11-14-27(25)36-28)33(41)42-17-29(38)20-5-9-21(34)10-6-20/h2-3,5-16,18,24,30H,4,17H2,1H3. The van der Waals surface area contributed by atoms with Gasteiger partial charge in [-0.1, -0.05) is 54.4 Å². The molecule has 42 heavy (non-hydrogen) atoms. The maximum Gasteiger partial charge on any atom is 0.339 e. The third-order valence-electron chi connectivity index (χ3n) is 7.79. The zero-order valence-corrected chi connectivity index (χ0v) is 23.9. The fraction of sp³-hybridized carbons (Fsp3) is 0.182. The summed E-state index contributed by atoms with van der Waals surface area (Å²) in [7, 11) is 0. The van der Waals surface area contributed by atoms with Crippen LogP contribution in [0.3, 0.4) is 0 Å². The first kappa shape index (κ1) is 27.8. The van der Waals surface area contributed by atoms with E-state index in [2.05, 4.69) is 0 Å². The topological polar surface area (TPSA) is 93.6 Å². The number of imide groups is 1. The van der Waals surface area contributed by atoms with Gasteiger partial charge in [-0.2, -0.15) is 0 Å². The number of aromatic nitrogens is 1. The molecule has 3 aromatic carbocycles. The van der Waals surface area contributed by atoms with Crippen LogP contribution in [0.2, 0.25) is 10.0 Å². The van der Waals surface area contributed by atoms with E-state index in [0.29, 0.717) is 49.9 Å². The van der Waals surface area contributed by atoms with Crippen LogP contribution in [0.5, 0.6) is 0 Å². The van der Waals surface area contributed by atoms with Crippen molar-refractivity contribution in [2.75, 3.05) is 11.5 Å². The minimum Gasteiger partial charge on any atom is -0.454 e. The Labute approximate surface area is 251 Å². The number of rotatable bonds is 6. The molecule has 1 aliphatic carbocycles. The van der Waals surface area contributed by atoms with Gasteiger partial charge in [-0.05, 0) is 73.0 Å². The van der Waals surface area contributed by atoms with Crippen molar-refractivity contribution >= 4 is 63.4 Å². The zero-order chi connectivity index (χ0) is 29.5. The molecule has 1 fully saturated rings. The van der Waals surface area contributed by atoms with Gasteiger partial charge in [-0.3, -0.25) is 19.3 Å². The van der Waals surface area contributed by atoms with Crippen molar-refractivity contribution in [3.8, 4) is 11.3 Å². The number of fused-ring (bicyclic) bond motifs is 2. The van der Waals surface area contributed by atoms with Gasteiger partial charge in [0, 0.05) is 26.6 Å².